The maximum atomic E-state index is 5.41. The lowest BCUT2D eigenvalue weighted by Crippen LogP contribution is -2.30. The standard InChI is InChI=1S/C15H23NO/c1-11-8-9-15(17-3)14(10-11)16-13-7-5-4-6-12(13)2/h8-10,12-13,16H,4-7H2,1-3H3. The van der Waals surface area contributed by atoms with Crippen molar-refractivity contribution >= 4 is 5.69 Å². The van der Waals surface area contributed by atoms with Gasteiger partial charge in [-0.1, -0.05) is 25.8 Å². The first-order chi connectivity index (χ1) is 8.20. The van der Waals surface area contributed by atoms with E-state index in [0.717, 1.165) is 17.4 Å². The molecule has 0 amide bonds. The summed E-state index contributed by atoms with van der Waals surface area (Å²) in [5, 5.41) is 3.67. The molecule has 1 fully saturated rings. The summed E-state index contributed by atoms with van der Waals surface area (Å²) in [5.74, 6) is 1.71. The number of rotatable bonds is 3. The van der Waals surface area contributed by atoms with Gasteiger partial charge in [-0.15, -0.1) is 0 Å². The minimum atomic E-state index is 0.597. The van der Waals surface area contributed by atoms with Crippen molar-refractivity contribution in [2.45, 2.75) is 45.6 Å². The zero-order valence-electron chi connectivity index (χ0n) is 11.1. The Morgan fingerprint density at radius 3 is 2.71 bits per heavy atom. The van der Waals surface area contributed by atoms with Crippen molar-refractivity contribution in [3.05, 3.63) is 23.8 Å². The highest BCUT2D eigenvalue weighted by atomic mass is 16.5. The van der Waals surface area contributed by atoms with E-state index in [9.17, 15) is 0 Å². The van der Waals surface area contributed by atoms with Crippen molar-refractivity contribution in [1.29, 1.82) is 0 Å². The number of methoxy groups -OCH3 is 1. The molecule has 1 saturated carbocycles. The maximum absolute atomic E-state index is 5.41. The summed E-state index contributed by atoms with van der Waals surface area (Å²) in [4.78, 5) is 0. The van der Waals surface area contributed by atoms with Crippen molar-refractivity contribution in [2.24, 2.45) is 5.92 Å². The molecule has 1 aliphatic rings. The topological polar surface area (TPSA) is 21.3 Å². The van der Waals surface area contributed by atoms with E-state index in [1.165, 1.54) is 31.2 Å². The van der Waals surface area contributed by atoms with Crippen LogP contribution in [0.2, 0.25) is 0 Å². The van der Waals surface area contributed by atoms with Gasteiger partial charge in [0.15, 0.2) is 0 Å². The monoisotopic (exact) mass is 233 g/mol. The predicted octanol–water partition coefficient (Wildman–Crippen LogP) is 3.99. The van der Waals surface area contributed by atoms with Crippen LogP contribution in [-0.2, 0) is 0 Å². The summed E-state index contributed by atoms with van der Waals surface area (Å²) < 4.78 is 5.41. The normalized spacial score (nSPS) is 24.4. The van der Waals surface area contributed by atoms with Crippen molar-refractivity contribution < 1.29 is 4.74 Å². The van der Waals surface area contributed by atoms with Gasteiger partial charge >= 0.3 is 0 Å². The van der Waals surface area contributed by atoms with Gasteiger partial charge in [0.25, 0.3) is 0 Å². The van der Waals surface area contributed by atoms with Crippen LogP contribution >= 0.6 is 0 Å². The highest BCUT2D eigenvalue weighted by molar-refractivity contribution is 5.58. The fraction of sp³-hybridized carbons (Fsp3) is 0.600. The molecule has 1 aromatic rings. The largest absolute Gasteiger partial charge is 0.495 e. The lowest BCUT2D eigenvalue weighted by Gasteiger charge is -2.31. The van der Waals surface area contributed by atoms with E-state index in [0.29, 0.717) is 6.04 Å². The molecule has 2 unspecified atom stereocenters. The number of hydrogen-bond acceptors (Lipinski definition) is 2. The molecule has 0 aromatic heterocycles. The minimum Gasteiger partial charge on any atom is -0.495 e. The molecule has 0 heterocycles. The molecule has 0 saturated heterocycles. The molecule has 1 aliphatic carbocycles. The zero-order chi connectivity index (χ0) is 12.3. The third-order valence-corrected chi connectivity index (χ3v) is 3.81. The van der Waals surface area contributed by atoms with E-state index in [2.05, 4.69) is 31.3 Å². The quantitative estimate of drug-likeness (QED) is 0.852. The van der Waals surface area contributed by atoms with Crippen molar-refractivity contribution in [3.63, 3.8) is 0 Å². The summed E-state index contributed by atoms with van der Waals surface area (Å²) in [6, 6.07) is 6.92. The Kier molecular flexibility index (Phi) is 3.93. The molecule has 2 nitrogen and oxygen atoms in total. The minimum absolute atomic E-state index is 0.597. The van der Waals surface area contributed by atoms with Crippen LogP contribution < -0.4 is 10.1 Å². The van der Waals surface area contributed by atoms with Gasteiger partial charge < -0.3 is 10.1 Å². The summed E-state index contributed by atoms with van der Waals surface area (Å²) >= 11 is 0. The molecule has 1 N–H and O–H groups in total. The van der Waals surface area contributed by atoms with E-state index in [1.54, 1.807) is 7.11 Å². The fourth-order valence-corrected chi connectivity index (χ4v) is 2.67. The average Bonchev–Trinajstić information content (AvgIpc) is 2.32. The predicted molar refractivity (Wildman–Crippen MR) is 72.8 cm³/mol. The first-order valence-electron chi connectivity index (χ1n) is 6.62. The number of nitrogens with one attached hydrogen (secondary N) is 1. The van der Waals surface area contributed by atoms with Gasteiger partial charge in [0.2, 0.25) is 0 Å². The molecule has 2 heteroatoms. The van der Waals surface area contributed by atoms with Crippen LogP contribution in [0.1, 0.15) is 38.2 Å². The van der Waals surface area contributed by atoms with Crippen LogP contribution in [0.15, 0.2) is 18.2 Å². The molecule has 94 valence electrons. The molecule has 0 spiro atoms. The Morgan fingerprint density at radius 2 is 2.00 bits per heavy atom. The van der Waals surface area contributed by atoms with Crippen LogP contribution in [-0.4, -0.2) is 13.2 Å². The van der Waals surface area contributed by atoms with Crippen molar-refractivity contribution in [3.8, 4) is 5.75 Å². The first-order valence-corrected chi connectivity index (χ1v) is 6.62. The molecule has 0 aliphatic heterocycles. The van der Waals surface area contributed by atoms with Crippen molar-refractivity contribution in [1.82, 2.24) is 0 Å². The van der Waals surface area contributed by atoms with Crippen LogP contribution in [0.3, 0.4) is 0 Å². The number of benzene rings is 1. The zero-order valence-corrected chi connectivity index (χ0v) is 11.1. The fourth-order valence-electron chi connectivity index (χ4n) is 2.67. The number of aryl methyl sites for hydroxylation is 1. The molecular weight excluding hydrogens is 210 g/mol. The van der Waals surface area contributed by atoms with Crippen LogP contribution in [0.5, 0.6) is 5.75 Å². The Hall–Kier alpha value is -1.18. The van der Waals surface area contributed by atoms with E-state index < -0.39 is 0 Å². The van der Waals surface area contributed by atoms with E-state index in [1.807, 2.05) is 6.07 Å². The smallest absolute Gasteiger partial charge is 0.141 e. The van der Waals surface area contributed by atoms with E-state index in [-0.39, 0.29) is 0 Å². The lowest BCUT2D eigenvalue weighted by molar-refractivity contribution is 0.347. The molecule has 0 bridgehead atoms. The second-order valence-corrected chi connectivity index (χ2v) is 5.22. The summed E-state index contributed by atoms with van der Waals surface area (Å²) in [6.07, 6.45) is 5.34. The number of ether oxygens (including phenoxy) is 1. The van der Waals surface area contributed by atoms with Gasteiger partial charge in [0.1, 0.15) is 5.75 Å². The van der Waals surface area contributed by atoms with Crippen molar-refractivity contribution in [2.75, 3.05) is 12.4 Å². The average molecular weight is 233 g/mol. The Labute approximate surface area is 104 Å². The first kappa shape index (κ1) is 12.3. The van der Waals surface area contributed by atoms with Crippen LogP contribution in [0, 0.1) is 12.8 Å². The van der Waals surface area contributed by atoms with Crippen LogP contribution in [0.25, 0.3) is 0 Å². The molecule has 0 radical (unpaired) electrons. The lowest BCUT2D eigenvalue weighted by atomic mass is 9.86. The highest BCUT2D eigenvalue weighted by Crippen LogP contribution is 2.31. The van der Waals surface area contributed by atoms with Gasteiger partial charge in [-0.3, -0.25) is 0 Å². The summed E-state index contributed by atoms with van der Waals surface area (Å²) in [7, 11) is 1.74. The van der Waals surface area contributed by atoms with E-state index >= 15 is 0 Å². The second kappa shape index (κ2) is 5.44. The Balaban J connectivity index is 2.13. The van der Waals surface area contributed by atoms with E-state index in [4.69, 9.17) is 4.74 Å². The van der Waals surface area contributed by atoms with Gasteiger partial charge in [-0.05, 0) is 43.4 Å². The molecule has 1 aromatic carbocycles. The summed E-state index contributed by atoms with van der Waals surface area (Å²) in [6.45, 7) is 4.47. The number of anilines is 1. The number of hydrogen-bond donors (Lipinski definition) is 1. The Morgan fingerprint density at radius 1 is 1.24 bits per heavy atom. The third kappa shape index (κ3) is 2.93. The Bertz CT molecular complexity index is 375. The molecule has 2 atom stereocenters. The highest BCUT2D eigenvalue weighted by Gasteiger charge is 2.21. The van der Waals surface area contributed by atoms with Gasteiger partial charge in [-0.2, -0.15) is 0 Å². The molecule has 2 rings (SSSR count). The van der Waals surface area contributed by atoms with Crippen LogP contribution in [0.4, 0.5) is 5.69 Å². The summed E-state index contributed by atoms with van der Waals surface area (Å²) in [5.41, 5.74) is 2.42. The van der Waals surface area contributed by atoms with Gasteiger partial charge in [0.05, 0.1) is 12.8 Å². The second-order valence-electron chi connectivity index (χ2n) is 5.22. The maximum Gasteiger partial charge on any atom is 0.141 e. The van der Waals surface area contributed by atoms with Gasteiger partial charge in [0, 0.05) is 6.04 Å². The molecular formula is C15H23NO. The third-order valence-electron chi connectivity index (χ3n) is 3.81. The van der Waals surface area contributed by atoms with Gasteiger partial charge in [-0.25, -0.2) is 0 Å². The molecule has 17 heavy (non-hydrogen) atoms. The SMILES string of the molecule is COc1ccc(C)cc1NC1CCCCC1C.